The zero-order chi connectivity index (χ0) is 23.1. The number of halogens is 1. The lowest BCUT2D eigenvalue weighted by molar-refractivity contribution is -0.119. The minimum absolute atomic E-state index is 0.00820. The molecule has 0 aliphatic carbocycles. The van der Waals surface area contributed by atoms with Gasteiger partial charge in [0.1, 0.15) is 5.75 Å². The van der Waals surface area contributed by atoms with E-state index >= 15 is 0 Å². The van der Waals surface area contributed by atoms with Crippen LogP contribution in [0.15, 0.2) is 77.9 Å². The molecule has 3 N–H and O–H groups in total. The van der Waals surface area contributed by atoms with Gasteiger partial charge in [-0.3, -0.25) is 9.79 Å². The first-order valence-electron chi connectivity index (χ1n) is 9.42. The van der Waals surface area contributed by atoms with Crippen LogP contribution in [0.5, 0.6) is 5.75 Å². The number of hydrogen-bond donors (Lipinski definition) is 3. The van der Waals surface area contributed by atoms with Crippen LogP contribution in [0.25, 0.3) is 0 Å². The number of ether oxygens (including phenoxy) is 1. The summed E-state index contributed by atoms with van der Waals surface area (Å²) in [6, 6.07) is 20.6. The van der Waals surface area contributed by atoms with Gasteiger partial charge in [-0.25, -0.2) is 0 Å². The van der Waals surface area contributed by atoms with E-state index in [-0.39, 0.29) is 5.91 Å². The van der Waals surface area contributed by atoms with Crippen molar-refractivity contribution in [2.45, 2.75) is 20.0 Å². The van der Waals surface area contributed by atoms with Crippen LogP contribution in [-0.2, 0) is 17.9 Å². The molecule has 0 aliphatic rings. The van der Waals surface area contributed by atoms with E-state index in [1.54, 1.807) is 19.2 Å². The number of methoxy groups -OCH3 is 1. The van der Waals surface area contributed by atoms with Crippen LogP contribution < -0.4 is 15.5 Å². The molecule has 7 nitrogen and oxygen atoms in total. The molecule has 0 aliphatic heterocycles. The molecule has 8 heteroatoms. The smallest absolute Gasteiger partial charge is 0.217 e. The number of carbonyl (C=O) groups excluding carboxylic acids is 1. The monoisotopic (exact) mass is 445 g/mol. The molecule has 1 aromatic heterocycles. The Morgan fingerprint density at radius 1 is 1.06 bits per heavy atom. The largest absolute Gasteiger partial charge is 0.497 e. The molecule has 0 fully saturated rings. The molecule has 3 aromatic rings. The SMILES string of the molecule is CC(=O)NCc1ccccc1.CO.COc1ccc(CN=c2cc(Cl)ccn2O)cc1. The summed E-state index contributed by atoms with van der Waals surface area (Å²) in [4.78, 5) is 14.8. The molecule has 0 spiro atoms. The maximum absolute atomic E-state index is 10.5. The molecule has 0 bridgehead atoms. The van der Waals surface area contributed by atoms with E-state index in [9.17, 15) is 10.0 Å². The number of pyridine rings is 1. The first-order valence-corrected chi connectivity index (χ1v) is 9.79. The van der Waals surface area contributed by atoms with Gasteiger partial charge in [-0.05, 0) is 29.3 Å². The number of aliphatic hydroxyl groups excluding tert-OH is 1. The van der Waals surface area contributed by atoms with Gasteiger partial charge in [-0.2, -0.15) is 4.73 Å². The zero-order valence-corrected chi connectivity index (χ0v) is 18.6. The number of carbonyl (C=O) groups is 1. The van der Waals surface area contributed by atoms with Crippen molar-refractivity contribution >= 4 is 17.5 Å². The van der Waals surface area contributed by atoms with Crippen molar-refractivity contribution in [1.82, 2.24) is 10.0 Å². The summed E-state index contributed by atoms with van der Waals surface area (Å²) in [5, 5.41) is 19.8. The third kappa shape index (κ3) is 10.3. The molecule has 2 aromatic carbocycles. The highest BCUT2D eigenvalue weighted by Gasteiger charge is 1.95. The van der Waals surface area contributed by atoms with Crippen molar-refractivity contribution in [3.8, 4) is 5.75 Å². The Hall–Kier alpha value is -3.29. The number of aliphatic hydroxyl groups is 1. The molecule has 0 atom stereocenters. The predicted molar refractivity (Wildman–Crippen MR) is 121 cm³/mol. The number of benzene rings is 2. The predicted octanol–water partition coefficient (Wildman–Crippen LogP) is 3.42. The lowest BCUT2D eigenvalue weighted by Gasteiger charge is -2.01. The summed E-state index contributed by atoms with van der Waals surface area (Å²) in [5.74, 6) is 0.813. The van der Waals surface area contributed by atoms with Crippen molar-refractivity contribution in [3.05, 3.63) is 94.6 Å². The van der Waals surface area contributed by atoms with Gasteiger partial charge in [-0.1, -0.05) is 54.1 Å². The van der Waals surface area contributed by atoms with Gasteiger partial charge in [-0.15, -0.1) is 0 Å². The van der Waals surface area contributed by atoms with Gasteiger partial charge in [0, 0.05) is 37.9 Å². The van der Waals surface area contributed by atoms with Crippen molar-refractivity contribution in [2.24, 2.45) is 4.99 Å². The van der Waals surface area contributed by atoms with Crippen molar-refractivity contribution in [1.29, 1.82) is 0 Å². The highest BCUT2D eigenvalue weighted by Crippen LogP contribution is 2.11. The summed E-state index contributed by atoms with van der Waals surface area (Å²) in [6.07, 6.45) is 1.45. The molecule has 166 valence electrons. The molecule has 1 heterocycles. The van der Waals surface area contributed by atoms with Crippen LogP contribution in [0, 0.1) is 0 Å². The average molecular weight is 446 g/mol. The van der Waals surface area contributed by atoms with Gasteiger partial charge < -0.3 is 20.4 Å². The summed E-state index contributed by atoms with van der Waals surface area (Å²) in [6.45, 7) is 2.60. The quantitative estimate of drug-likeness (QED) is 0.524. The molecular formula is C23H28ClN3O4. The number of amides is 1. The Morgan fingerprint density at radius 3 is 2.29 bits per heavy atom. The van der Waals surface area contributed by atoms with E-state index in [1.807, 2.05) is 54.6 Å². The first-order chi connectivity index (χ1) is 15.0. The van der Waals surface area contributed by atoms with Crippen LogP contribution in [0.2, 0.25) is 5.02 Å². The third-order valence-corrected chi connectivity index (χ3v) is 4.08. The molecule has 31 heavy (non-hydrogen) atoms. The van der Waals surface area contributed by atoms with E-state index in [4.69, 9.17) is 21.4 Å². The lowest BCUT2D eigenvalue weighted by atomic mass is 10.2. The average Bonchev–Trinajstić information content (AvgIpc) is 2.81. The van der Waals surface area contributed by atoms with Crippen LogP contribution in [0.1, 0.15) is 18.1 Å². The van der Waals surface area contributed by atoms with Crippen molar-refractivity contribution < 1.29 is 19.8 Å². The van der Waals surface area contributed by atoms with E-state index in [0.29, 0.717) is 23.6 Å². The molecule has 0 saturated heterocycles. The Kier molecular flexibility index (Phi) is 12.2. The maximum atomic E-state index is 10.5. The summed E-state index contributed by atoms with van der Waals surface area (Å²) in [5.41, 5.74) is 2.57. The summed E-state index contributed by atoms with van der Waals surface area (Å²) in [7, 11) is 2.63. The Balaban J connectivity index is 0.000000317. The van der Waals surface area contributed by atoms with Crippen molar-refractivity contribution in [3.63, 3.8) is 0 Å². The second kappa shape index (κ2) is 14.7. The van der Waals surface area contributed by atoms with E-state index in [1.165, 1.54) is 13.1 Å². The number of aromatic nitrogens is 1. The summed E-state index contributed by atoms with van der Waals surface area (Å²) >= 11 is 5.84. The lowest BCUT2D eigenvalue weighted by Crippen LogP contribution is -2.18. The van der Waals surface area contributed by atoms with Gasteiger partial charge >= 0.3 is 0 Å². The Bertz CT molecular complexity index is 974. The summed E-state index contributed by atoms with van der Waals surface area (Å²) < 4.78 is 6.01. The van der Waals surface area contributed by atoms with Crippen molar-refractivity contribution in [2.75, 3.05) is 14.2 Å². The number of nitrogens with zero attached hydrogens (tertiary/aromatic N) is 2. The third-order valence-electron chi connectivity index (χ3n) is 3.84. The fraction of sp³-hybridized carbons (Fsp3) is 0.217. The minimum atomic E-state index is 0.00820. The fourth-order valence-corrected chi connectivity index (χ4v) is 2.45. The Labute approximate surface area is 187 Å². The molecule has 0 radical (unpaired) electrons. The highest BCUT2D eigenvalue weighted by atomic mass is 35.5. The number of rotatable bonds is 5. The number of nitrogens with one attached hydrogen (secondary N) is 1. The topological polar surface area (TPSA) is 96.1 Å². The number of hydrogen-bond acceptors (Lipinski definition) is 5. The normalized spacial score (nSPS) is 10.2. The van der Waals surface area contributed by atoms with E-state index in [2.05, 4.69) is 10.3 Å². The van der Waals surface area contributed by atoms with Gasteiger partial charge in [0.05, 0.1) is 13.7 Å². The molecular weight excluding hydrogens is 418 g/mol. The minimum Gasteiger partial charge on any atom is -0.497 e. The second-order valence-corrected chi connectivity index (χ2v) is 6.54. The van der Waals surface area contributed by atoms with Crippen LogP contribution in [0.3, 0.4) is 0 Å². The highest BCUT2D eigenvalue weighted by molar-refractivity contribution is 6.30. The van der Waals surface area contributed by atoms with Crippen LogP contribution >= 0.6 is 11.6 Å². The first kappa shape index (κ1) is 25.7. The molecule has 0 saturated carbocycles. The molecule has 3 rings (SSSR count). The van der Waals surface area contributed by atoms with Gasteiger partial charge in [0.25, 0.3) is 0 Å². The van der Waals surface area contributed by atoms with Crippen LogP contribution in [-0.4, -0.2) is 35.2 Å². The van der Waals surface area contributed by atoms with Gasteiger partial charge in [0.2, 0.25) is 5.91 Å². The molecule has 1 amide bonds. The standard InChI is InChI=1S/C13H13ClN2O2.C9H11NO.CH4O/c1-18-12-4-2-10(3-5-12)9-15-13-8-11(14)6-7-16(13)17;1-8(11)10-7-9-5-3-2-4-6-9;1-2/h2-8,17H,9H2,1H3;2-6H,7H2,1H3,(H,10,11);2H,1H3. The van der Waals surface area contributed by atoms with E-state index < -0.39 is 0 Å². The van der Waals surface area contributed by atoms with E-state index in [0.717, 1.165) is 28.7 Å². The zero-order valence-electron chi connectivity index (χ0n) is 17.8. The molecule has 0 unspecified atom stereocenters. The second-order valence-electron chi connectivity index (χ2n) is 6.11. The maximum Gasteiger partial charge on any atom is 0.217 e. The van der Waals surface area contributed by atoms with Crippen LogP contribution in [0.4, 0.5) is 0 Å². The Morgan fingerprint density at radius 2 is 1.71 bits per heavy atom. The van der Waals surface area contributed by atoms with Gasteiger partial charge in [0.15, 0.2) is 5.49 Å². The fourth-order valence-electron chi connectivity index (χ4n) is 2.30.